The van der Waals surface area contributed by atoms with Crippen LogP contribution in [0.3, 0.4) is 0 Å². The summed E-state index contributed by atoms with van der Waals surface area (Å²) >= 11 is 0. The average molecular weight is 527 g/mol. The summed E-state index contributed by atoms with van der Waals surface area (Å²) in [5, 5.41) is 15.0. The molecular formula is C27H29F3N6O2. The van der Waals surface area contributed by atoms with E-state index in [0.717, 1.165) is 6.07 Å². The lowest BCUT2D eigenvalue weighted by Gasteiger charge is -2.34. The van der Waals surface area contributed by atoms with Gasteiger partial charge in [-0.25, -0.2) is 27.8 Å². The van der Waals surface area contributed by atoms with E-state index in [4.69, 9.17) is 14.7 Å². The largest absolute Gasteiger partial charge is 0.487 e. The Labute approximate surface area is 218 Å². The predicted molar refractivity (Wildman–Crippen MR) is 136 cm³/mol. The van der Waals surface area contributed by atoms with Crippen molar-refractivity contribution in [1.82, 2.24) is 24.7 Å². The molecule has 11 heteroatoms. The van der Waals surface area contributed by atoms with Crippen LogP contribution in [0, 0.1) is 17.6 Å². The molecule has 0 radical (unpaired) electrons. The fourth-order valence-electron chi connectivity index (χ4n) is 4.42. The van der Waals surface area contributed by atoms with Crippen molar-refractivity contribution < 1.29 is 23.0 Å². The maximum absolute atomic E-state index is 14.1. The lowest BCUT2D eigenvalue weighted by molar-refractivity contribution is 0.00501. The average Bonchev–Trinajstić information content (AvgIpc) is 3.39. The maximum Gasteiger partial charge on any atom is 0.181 e. The first-order valence-corrected chi connectivity index (χ1v) is 12.5. The number of pyridine rings is 1. The van der Waals surface area contributed by atoms with Gasteiger partial charge in [-0.15, -0.1) is 0 Å². The van der Waals surface area contributed by atoms with Crippen molar-refractivity contribution in [2.45, 2.75) is 52.1 Å². The molecule has 1 saturated heterocycles. The highest BCUT2D eigenvalue weighted by molar-refractivity contribution is 5.83. The fourth-order valence-corrected chi connectivity index (χ4v) is 4.42. The van der Waals surface area contributed by atoms with Crippen LogP contribution in [-0.4, -0.2) is 49.0 Å². The molecule has 200 valence electrons. The van der Waals surface area contributed by atoms with Gasteiger partial charge in [0.05, 0.1) is 23.6 Å². The van der Waals surface area contributed by atoms with Crippen LogP contribution in [0.25, 0.3) is 22.3 Å². The number of hydrogen-bond acceptors (Lipinski definition) is 7. The van der Waals surface area contributed by atoms with Crippen molar-refractivity contribution in [1.29, 1.82) is 0 Å². The Kier molecular flexibility index (Phi) is 6.95. The van der Waals surface area contributed by atoms with E-state index in [0.29, 0.717) is 59.7 Å². The van der Waals surface area contributed by atoms with E-state index in [9.17, 15) is 18.3 Å². The summed E-state index contributed by atoms with van der Waals surface area (Å²) < 4.78 is 47.5. The molecule has 4 heterocycles. The van der Waals surface area contributed by atoms with E-state index in [1.807, 2.05) is 13.8 Å². The number of alkyl halides is 1. The van der Waals surface area contributed by atoms with E-state index in [1.54, 1.807) is 25.4 Å². The van der Waals surface area contributed by atoms with Crippen molar-refractivity contribution in [3.63, 3.8) is 0 Å². The van der Waals surface area contributed by atoms with Crippen LogP contribution in [0.2, 0.25) is 0 Å². The van der Waals surface area contributed by atoms with Crippen molar-refractivity contribution in [3.05, 3.63) is 60.2 Å². The molecule has 1 fully saturated rings. The molecule has 0 saturated carbocycles. The second kappa shape index (κ2) is 10.2. The standard InChI is InChI=1S/C27H29F3N6O2/c1-16(2)27(3,37)24-11-21-22(13-31-24)33-25(17-12-32-36(14-17)15-28)26(34-21)35-8-6-19(7-9-35)38-23-5-4-18(29)10-20(23)30/h4-5,10-14,16,19,37H,6-9,15H2,1-3H3. The number of hydrogen-bond donors (Lipinski definition) is 1. The second-order valence-electron chi connectivity index (χ2n) is 10.0. The Morgan fingerprint density at radius 3 is 2.53 bits per heavy atom. The molecule has 1 aromatic carbocycles. The van der Waals surface area contributed by atoms with Crippen LogP contribution in [0.4, 0.5) is 19.0 Å². The number of nitrogens with zero attached hydrogens (tertiary/aromatic N) is 6. The summed E-state index contributed by atoms with van der Waals surface area (Å²) in [7, 11) is 0. The summed E-state index contributed by atoms with van der Waals surface area (Å²) in [5.74, 6) is -0.857. The van der Waals surface area contributed by atoms with Crippen molar-refractivity contribution in [2.24, 2.45) is 5.92 Å². The number of halogens is 3. The zero-order valence-electron chi connectivity index (χ0n) is 21.4. The van der Waals surface area contributed by atoms with Crippen LogP contribution < -0.4 is 9.64 Å². The Balaban J connectivity index is 1.47. The van der Waals surface area contributed by atoms with Gasteiger partial charge in [-0.3, -0.25) is 4.98 Å². The van der Waals surface area contributed by atoms with Crippen molar-refractivity contribution in [2.75, 3.05) is 18.0 Å². The maximum atomic E-state index is 14.1. The Morgan fingerprint density at radius 2 is 1.87 bits per heavy atom. The third-order valence-electron chi connectivity index (χ3n) is 7.13. The van der Waals surface area contributed by atoms with Gasteiger partial charge in [0.2, 0.25) is 0 Å². The fraction of sp³-hybridized carbons (Fsp3) is 0.407. The number of benzene rings is 1. The van der Waals surface area contributed by atoms with Gasteiger partial charge >= 0.3 is 0 Å². The van der Waals surface area contributed by atoms with Crippen molar-refractivity contribution >= 4 is 16.9 Å². The van der Waals surface area contributed by atoms with Gasteiger partial charge in [-0.1, -0.05) is 13.8 Å². The minimum atomic E-state index is -1.15. The van der Waals surface area contributed by atoms with E-state index >= 15 is 0 Å². The van der Waals surface area contributed by atoms with E-state index < -0.39 is 24.0 Å². The molecule has 1 aliphatic rings. The highest BCUT2D eigenvalue weighted by atomic mass is 19.1. The predicted octanol–water partition coefficient (Wildman–Crippen LogP) is 5.00. The molecule has 1 N–H and O–H groups in total. The molecule has 1 unspecified atom stereocenters. The molecule has 0 bridgehead atoms. The smallest absolute Gasteiger partial charge is 0.181 e. The van der Waals surface area contributed by atoms with Gasteiger partial charge in [0.25, 0.3) is 0 Å². The van der Waals surface area contributed by atoms with E-state index in [1.165, 1.54) is 23.0 Å². The number of rotatable bonds is 7. The quantitative estimate of drug-likeness (QED) is 0.362. The van der Waals surface area contributed by atoms with Gasteiger partial charge in [-0.2, -0.15) is 5.10 Å². The minimum absolute atomic E-state index is 0.0203. The number of ether oxygens (including phenoxy) is 1. The van der Waals surface area contributed by atoms with Crippen LogP contribution in [-0.2, 0) is 12.4 Å². The molecule has 5 rings (SSSR count). The molecule has 0 aliphatic carbocycles. The molecule has 38 heavy (non-hydrogen) atoms. The number of piperidine rings is 1. The molecule has 3 aromatic heterocycles. The van der Waals surface area contributed by atoms with E-state index in [-0.39, 0.29) is 17.8 Å². The topological polar surface area (TPSA) is 89.2 Å². The molecule has 0 amide bonds. The molecule has 8 nitrogen and oxygen atoms in total. The summed E-state index contributed by atoms with van der Waals surface area (Å²) in [6.45, 7) is 5.86. The van der Waals surface area contributed by atoms with Gasteiger partial charge in [0.15, 0.2) is 24.2 Å². The highest BCUT2D eigenvalue weighted by Gasteiger charge is 2.30. The van der Waals surface area contributed by atoms with Crippen LogP contribution in [0.1, 0.15) is 39.3 Å². The number of aliphatic hydroxyl groups is 1. The molecular weight excluding hydrogens is 497 g/mol. The first kappa shape index (κ1) is 25.9. The SMILES string of the molecule is CC(C)C(C)(O)c1cc2nc(N3CCC(Oc4ccc(F)cc4F)CC3)c(-c3cnn(CF)c3)nc2cn1. The molecule has 4 aromatic rings. The van der Waals surface area contributed by atoms with Gasteiger partial charge in [-0.05, 0) is 31.0 Å². The van der Waals surface area contributed by atoms with Gasteiger partial charge in [0.1, 0.15) is 28.7 Å². The summed E-state index contributed by atoms with van der Waals surface area (Å²) in [6, 6.07) is 5.01. The first-order chi connectivity index (χ1) is 18.2. The number of aromatic nitrogens is 5. The van der Waals surface area contributed by atoms with Crippen LogP contribution in [0.15, 0.2) is 42.9 Å². The number of fused-ring (bicyclic) bond motifs is 1. The molecule has 1 aliphatic heterocycles. The zero-order chi connectivity index (χ0) is 27.0. The normalized spacial score (nSPS) is 16.3. The molecule has 0 spiro atoms. The lowest BCUT2D eigenvalue weighted by atomic mass is 9.88. The summed E-state index contributed by atoms with van der Waals surface area (Å²) in [5.41, 5.74) is 1.59. The zero-order valence-corrected chi connectivity index (χ0v) is 21.4. The van der Waals surface area contributed by atoms with Crippen LogP contribution in [0.5, 0.6) is 5.75 Å². The van der Waals surface area contributed by atoms with E-state index in [2.05, 4.69) is 15.0 Å². The van der Waals surface area contributed by atoms with Crippen molar-refractivity contribution in [3.8, 4) is 17.0 Å². The van der Waals surface area contributed by atoms with Crippen LogP contribution >= 0.6 is 0 Å². The first-order valence-electron chi connectivity index (χ1n) is 12.5. The Morgan fingerprint density at radius 1 is 1.11 bits per heavy atom. The monoisotopic (exact) mass is 526 g/mol. The highest BCUT2D eigenvalue weighted by Crippen LogP contribution is 2.34. The Bertz CT molecular complexity index is 1450. The number of anilines is 1. The summed E-state index contributed by atoms with van der Waals surface area (Å²) in [4.78, 5) is 16.2. The minimum Gasteiger partial charge on any atom is -0.487 e. The third kappa shape index (κ3) is 5.02. The second-order valence-corrected chi connectivity index (χ2v) is 10.0. The third-order valence-corrected chi connectivity index (χ3v) is 7.13. The van der Waals surface area contributed by atoms with Gasteiger partial charge in [0, 0.05) is 43.8 Å². The van der Waals surface area contributed by atoms with Gasteiger partial charge < -0.3 is 14.7 Å². The Hall–Kier alpha value is -3.73. The summed E-state index contributed by atoms with van der Waals surface area (Å²) in [6.07, 6.45) is 5.58. The lowest BCUT2D eigenvalue weighted by Crippen LogP contribution is -2.39. The molecule has 1 atom stereocenters.